The topological polar surface area (TPSA) is 34.1 Å². The Bertz CT molecular complexity index is 225. The highest BCUT2D eigenvalue weighted by Gasteiger charge is 2.08. The number of unbranched alkanes of at least 4 members (excludes halogenated alkanes) is 5. The van der Waals surface area contributed by atoms with Crippen LogP contribution in [0.3, 0.4) is 0 Å². The molecule has 0 aliphatic carbocycles. The fourth-order valence-corrected chi connectivity index (χ4v) is 3.56. The zero-order valence-corrected chi connectivity index (χ0v) is 12.1. The Morgan fingerprint density at radius 2 is 1.40 bits per heavy atom. The van der Waals surface area contributed by atoms with Crippen LogP contribution in [0.1, 0.15) is 51.9 Å². The molecule has 0 fully saturated rings. The molecule has 15 heavy (non-hydrogen) atoms. The van der Waals surface area contributed by atoms with E-state index in [-0.39, 0.29) is 0 Å². The SMILES string of the molecule is CCCCCCCCS(=O)(=O)CCCBr. The van der Waals surface area contributed by atoms with Crippen LogP contribution in [-0.2, 0) is 9.84 Å². The summed E-state index contributed by atoms with van der Waals surface area (Å²) in [5.41, 5.74) is 0. The van der Waals surface area contributed by atoms with Gasteiger partial charge in [0.1, 0.15) is 9.84 Å². The van der Waals surface area contributed by atoms with Crippen LogP contribution in [0.5, 0.6) is 0 Å². The summed E-state index contributed by atoms with van der Waals surface area (Å²) in [5, 5.41) is 0.780. The summed E-state index contributed by atoms with van der Waals surface area (Å²) >= 11 is 3.25. The van der Waals surface area contributed by atoms with Gasteiger partial charge in [-0.05, 0) is 12.8 Å². The molecule has 0 amide bonds. The number of hydrogen-bond donors (Lipinski definition) is 0. The maximum Gasteiger partial charge on any atom is 0.150 e. The van der Waals surface area contributed by atoms with Crippen molar-refractivity contribution < 1.29 is 8.42 Å². The minimum Gasteiger partial charge on any atom is -0.229 e. The predicted octanol–water partition coefficient (Wildman–Crippen LogP) is 3.55. The Labute approximate surface area is 103 Å². The van der Waals surface area contributed by atoms with Gasteiger partial charge in [0.25, 0.3) is 0 Å². The van der Waals surface area contributed by atoms with Gasteiger partial charge in [-0.2, -0.15) is 0 Å². The summed E-state index contributed by atoms with van der Waals surface area (Å²) in [6.45, 7) is 2.19. The molecule has 0 spiro atoms. The lowest BCUT2D eigenvalue weighted by atomic mass is 10.1. The Kier molecular flexibility index (Phi) is 9.92. The van der Waals surface area contributed by atoms with E-state index in [1.165, 1.54) is 25.7 Å². The third-order valence-corrected chi connectivity index (χ3v) is 4.78. The summed E-state index contributed by atoms with van der Waals surface area (Å²) in [6.07, 6.45) is 7.58. The monoisotopic (exact) mass is 298 g/mol. The third-order valence-electron chi connectivity index (χ3n) is 2.40. The van der Waals surface area contributed by atoms with Crippen LogP contribution in [0, 0.1) is 0 Å². The first-order valence-corrected chi connectivity index (χ1v) is 8.83. The Morgan fingerprint density at radius 3 is 2.00 bits per heavy atom. The van der Waals surface area contributed by atoms with Crippen LogP contribution in [0.25, 0.3) is 0 Å². The van der Waals surface area contributed by atoms with E-state index in [4.69, 9.17) is 0 Å². The highest BCUT2D eigenvalue weighted by molar-refractivity contribution is 9.09. The van der Waals surface area contributed by atoms with Gasteiger partial charge in [0, 0.05) is 5.33 Å². The van der Waals surface area contributed by atoms with E-state index in [0.717, 1.165) is 24.6 Å². The fraction of sp³-hybridized carbons (Fsp3) is 1.00. The van der Waals surface area contributed by atoms with E-state index < -0.39 is 9.84 Å². The quantitative estimate of drug-likeness (QED) is 0.457. The van der Waals surface area contributed by atoms with Crippen molar-refractivity contribution in [1.29, 1.82) is 0 Å². The van der Waals surface area contributed by atoms with Crippen LogP contribution >= 0.6 is 15.9 Å². The van der Waals surface area contributed by atoms with Crippen LogP contribution in [0.15, 0.2) is 0 Å². The molecule has 0 aromatic carbocycles. The first-order chi connectivity index (χ1) is 7.12. The van der Waals surface area contributed by atoms with Gasteiger partial charge < -0.3 is 0 Å². The van der Waals surface area contributed by atoms with Crippen molar-refractivity contribution >= 4 is 25.8 Å². The molecular weight excluding hydrogens is 276 g/mol. The molecule has 0 radical (unpaired) electrons. The van der Waals surface area contributed by atoms with E-state index in [2.05, 4.69) is 22.9 Å². The largest absolute Gasteiger partial charge is 0.229 e. The molecule has 0 saturated heterocycles. The van der Waals surface area contributed by atoms with Gasteiger partial charge in [-0.1, -0.05) is 55.0 Å². The fourth-order valence-electron chi connectivity index (χ4n) is 1.48. The molecule has 0 rings (SSSR count). The molecule has 0 atom stereocenters. The van der Waals surface area contributed by atoms with Crippen molar-refractivity contribution in [3.8, 4) is 0 Å². The molecule has 4 heteroatoms. The van der Waals surface area contributed by atoms with E-state index >= 15 is 0 Å². The first kappa shape index (κ1) is 15.4. The molecule has 0 saturated carbocycles. The van der Waals surface area contributed by atoms with Gasteiger partial charge in [0.05, 0.1) is 11.5 Å². The molecule has 0 N–H and O–H groups in total. The Balaban J connectivity index is 3.41. The number of halogens is 1. The summed E-state index contributed by atoms with van der Waals surface area (Å²) < 4.78 is 22.9. The molecule has 0 aliphatic heterocycles. The zero-order chi connectivity index (χ0) is 11.6. The second kappa shape index (κ2) is 9.64. The maximum absolute atomic E-state index is 11.5. The van der Waals surface area contributed by atoms with Crippen molar-refractivity contribution in [2.24, 2.45) is 0 Å². The van der Waals surface area contributed by atoms with Crippen molar-refractivity contribution in [2.45, 2.75) is 51.9 Å². The number of alkyl halides is 1. The molecule has 0 aliphatic rings. The van der Waals surface area contributed by atoms with Crippen LogP contribution in [-0.4, -0.2) is 25.3 Å². The highest BCUT2D eigenvalue weighted by atomic mass is 79.9. The lowest BCUT2D eigenvalue weighted by Gasteiger charge is -2.03. The van der Waals surface area contributed by atoms with Gasteiger partial charge in [-0.3, -0.25) is 0 Å². The molecular formula is C11H23BrO2S. The average molecular weight is 299 g/mol. The van der Waals surface area contributed by atoms with E-state index in [1.54, 1.807) is 0 Å². The average Bonchev–Trinajstić information content (AvgIpc) is 2.20. The predicted molar refractivity (Wildman–Crippen MR) is 70.4 cm³/mol. The minimum absolute atomic E-state index is 0.340. The Hall–Kier alpha value is 0.430. The summed E-state index contributed by atoms with van der Waals surface area (Å²) in [6, 6.07) is 0. The van der Waals surface area contributed by atoms with Crippen molar-refractivity contribution in [3.05, 3.63) is 0 Å². The highest BCUT2D eigenvalue weighted by Crippen LogP contribution is 2.07. The van der Waals surface area contributed by atoms with Crippen molar-refractivity contribution in [2.75, 3.05) is 16.8 Å². The third kappa shape index (κ3) is 10.7. The smallest absolute Gasteiger partial charge is 0.150 e. The second-order valence-corrected chi connectivity index (χ2v) is 7.06. The van der Waals surface area contributed by atoms with Crippen LogP contribution in [0.2, 0.25) is 0 Å². The molecule has 2 nitrogen and oxygen atoms in total. The molecule has 0 aromatic heterocycles. The minimum atomic E-state index is -2.77. The van der Waals surface area contributed by atoms with E-state index in [0.29, 0.717) is 11.5 Å². The molecule has 0 bridgehead atoms. The first-order valence-electron chi connectivity index (χ1n) is 5.89. The number of hydrogen-bond acceptors (Lipinski definition) is 2. The molecule has 92 valence electrons. The van der Waals surface area contributed by atoms with Gasteiger partial charge in [-0.15, -0.1) is 0 Å². The zero-order valence-electron chi connectivity index (χ0n) is 9.67. The van der Waals surface area contributed by atoms with Gasteiger partial charge >= 0.3 is 0 Å². The second-order valence-electron chi connectivity index (χ2n) is 3.96. The lowest BCUT2D eigenvalue weighted by Crippen LogP contribution is -2.11. The number of rotatable bonds is 10. The summed E-state index contributed by atoms with van der Waals surface area (Å²) in [4.78, 5) is 0. The van der Waals surface area contributed by atoms with Gasteiger partial charge in [0.15, 0.2) is 0 Å². The van der Waals surface area contributed by atoms with E-state index in [9.17, 15) is 8.42 Å². The standard InChI is InChI=1S/C11H23BrO2S/c1-2-3-4-5-6-7-10-15(13,14)11-8-9-12/h2-11H2,1H3. The number of sulfone groups is 1. The molecule has 0 unspecified atom stereocenters. The van der Waals surface area contributed by atoms with Gasteiger partial charge in [0.2, 0.25) is 0 Å². The summed E-state index contributed by atoms with van der Waals surface area (Å²) in [5.74, 6) is 0.722. The summed E-state index contributed by atoms with van der Waals surface area (Å²) in [7, 11) is -2.77. The molecule has 0 heterocycles. The van der Waals surface area contributed by atoms with Crippen molar-refractivity contribution in [3.63, 3.8) is 0 Å². The Morgan fingerprint density at radius 1 is 0.867 bits per heavy atom. The maximum atomic E-state index is 11.5. The van der Waals surface area contributed by atoms with Crippen molar-refractivity contribution in [1.82, 2.24) is 0 Å². The molecule has 0 aromatic rings. The van der Waals surface area contributed by atoms with E-state index in [1.807, 2.05) is 0 Å². The lowest BCUT2D eigenvalue weighted by molar-refractivity contribution is 0.582. The normalized spacial score (nSPS) is 11.9. The van der Waals surface area contributed by atoms with Gasteiger partial charge in [-0.25, -0.2) is 8.42 Å². The van der Waals surface area contributed by atoms with Crippen LogP contribution in [0.4, 0.5) is 0 Å². The van der Waals surface area contributed by atoms with Crippen LogP contribution < -0.4 is 0 Å².